The first-order valence-corrected chi connectivity index (χ1v) is 10.4. The third kappa shape index (κ3) is 4.87. The van der Waals surface area contributed by atoms with Crippen molar-refractivity contribution in [1.29, 1.82) is 5.26 Å². The molecule has 3 aromatic carbocycles. The third-order valence-electron chi connectivity index (χ3n) is 5.54. The number of carbonyl (C=O) groups excluding carboxylic acids is 1. The molecule has 0 aromatic heterocycles. The van der Waals surface area contributed by atoms with E-state index in [9.17, 15) is 4.79 Å². The van der Waals surface area contributed by atoms with Crippen LogP contribution in [0.3, 0.4) is 0 Å². The summed E-state index contributed by atoms with van der Waals surface area (Å²) in [5.41, 5.74) is 4.55. The van der Waals surface area contributed by atoms with Gasteiger partial charge in [-0.25, -0.2) is 0 Å². The second-order valence-electron chi connectivity index (χ2n) is 8.01. The lowest BCUT2D eigenvalue weighted by Gasteiger charge is -2.26. The van der Waals surface area contributed by atoms with Gasteiger partial charge in [-0.3, -0.25) is 4.79 Å². The van der Waals surface area contributed by atoms with Crippen LogP contribution in [0.4, 0.5) is 11.4 Å². The normalized spacial score (nSPS) is 12.7. The zero-order valence-corrected chi connectivity index (χ0v) is 17.8. The van der Waals surface area contributed by atoms with Gasteiger partial charge in [0, 0.05) is 20.6 Å². The standard InChI is InChI=1S/C26H25N3O2/c1-28(17-20-6-7-20)25-13-10-22(15-26(25)29(2)18-30)21-4-3-5-24(14-21)31-23-11-8-19(16-27)9-12-23/h3-5,8-15,18,20H,6-7,17H2,1-2H3. The van der Waals surface area contributed by atoms with Crippen molar-refractivity contribution >= 4 is 17.8 Å². The minimum atomic E-state index is 0.597. The molecule has 0 spiro atoms. The first kappa shape index (κ1) is 20.5. The second-order valence-corrected chi connectivity index (χ2v) is 8.01. The van der Waals surface area contributed by atoms with E-state index in [0.717, 1.165) is 41.4 Å². The molecule has 1 saturated carbocycles. The Morgan fingerprint density at radius 1 is 0.968 bits per heavy atom. The highest BCUT2D eigenvalue weighted by molar-refractivity contribution is 5.87. The van der Waals surface area contributed by atoms with Crippen molar-refractivity contribution in [2.45, 2.75) is 12.8 Å². The van der Waals surface area contributed by atoms with Gasteiger partial charge in [0.25, 0.3) is 0 Å². The molecule has 0 atom stereocenters. The van der Waals surface area contributed by atoms with Gasteiger partial charge in [0.1, 0.15) is 11.5 Å². The molecule has 0 heterocycles. The van der Waals surface area contributed by atoms with E-state index in [1.54, 1.807) is 36.2 Å². The van der Waals surface area contributed by atoms with Crippen molar-refractivity contribution in [3.05, 3.63) is 72.3 Å². The lowest BCUT2D eigenvalue weighted by Crippen LogP contribution is -2.24. The zero-order valence-electron chi connectivity index (χ0n) is 17.8. The van der Waals surface area contributed by atoms with Crippen LogP contribution in [0, 0.1) is 17.2 Å². The smallest absolute Gasteiger partial charge is 0.213 e. The van der Waals surface area contributed by atoms with Crippen molar-refractivity contribution in [2.24, 2.45) is 5.92 Å². The van der Waals surface area contributed by atoms with E-state index in [-0.39, 0.29) is 0 Å². The predicted octanol–water partition coefficient (Wildman–Crippen LogP) is 5.46. The third-order valence-corrected chi connectivity index (χ3v) is 5.54. The highest BCUT2D eigenvalue weighted by Crippen LogP contribution is 2.37. The van der Waals surface area contributed by atoms with Crippen LogP contribution >= 0.6 is 0 Å². The van der Waals surface area contributed by atoms with Crippen LogP contribution in [-0.4, -0.2) is 27.1 Å². The van der Waals surface area contributed by atoms with Crippen LogP contribution in [-0.2, 0) is 4.79 Å². The Bertz CT molecular complexity index is 1110. The quantitative estimate of drug-likeness (QED) is 0.462. The average molecular weight is 412 g/mol. The number of hydrogen-bond acceptors (Lipinski definition) is 4. The maximum atomic E-state index is 11.5. The fourth-order valence-electron chi connectivity index (χ4n) is 3.62. The molecule has 1 fully saturated rings. The molecule has 5 heteroatoms. The molecule has 4 rings (SSSR count). The van der Waals surface area contributed by atoms with E-state index < -0.39 is 0 Å². The molecule has 0 aliphatic heterocycles. The van der Waals surface area contributed by atoms with E-state index in [1.807, 2.05) is 30.3 Å². The van der Waals surface area contributed by atoms with Crippen LogP contribution in [0.1, 0.15) is 18.4 Å². The lowest BCUT2D eigenvalue weighted by molar-refractivity contribution is -0.107. The first-order valence-electron chi connectivity index (χ1n) is 10.4. The maximum absolute atomic E-state index is 11.5. The summed E-state index contributed by atoms with van der Waals surface area (Å²) in [5, 5.41) is 8.94. The zero-order chi connectivity index (χ0) is 21.8. The Kier molecular flexibility index (Phi) is 5.90. The van der Waals surface area contributed by atoms with Gasteiger partial charge in [0.15, 0.2) is 0 Å². The largest absolute Gasteiger partial charge is 0.457 e. The number of amides is 1. The van der Waals surface area contributed by atoms with E-state index in [2.05, 4.69) is 30.1 Å². The molecule has 1 amide bonds. The number of ether oxygens (including phenoxy) is 1. The second kappa shape index (κ2) is 8.93. The van der Waals surface area contributed by atoms with Crippen molar-refractivity contribution in [1.82, 2.24) is 0 Å². The van der Waals surface area contributed by atoms with Gasteiger partial charge < -0.3 is 14.5 Å². The van der Waals surface area contributed by atoms with Gasteiger partial charge in [-0.05, 0) is 78.4 Å². The van der Waals surface area contributed by atoms with E-state index in [1.165, 1.54) is 12.8 Å². The van der Waals surface area contributed by atoms with Gasteiger partial charge in [-0.15, -0.1) is 0 Å². The number of benzene rings is 3. The Balaban J connectivity index is 1.61. The number of anilines is 2. The molecule has 0 unspecified atom stereocenters. The molecule has 0 saturated heterocycles. The van der Waals surface area contributed by atoms with Crippen LogP contribution in [0.25, 0.3) is 11.1 Å². The first-order chi connectivity index (χ1) is 15.1. The van der Waals surface area contributed by atoms with E-state index >= 15 is 0 Å². The summed E-state index contributed by atoms with van der Waals surface area (Å²) >= 11 is 0. The highest BCUT2D eigenvalue weighted by Gasteiger charge is 2.24. The predicted molar refractivity (Wildman–Crippen MR) is 124 cm³/mol. The van der Waals surface area contributed by atoms with Gasteiger partial charge in [0.05, 0.1) is 23.0 Å². The maximum Gasteiger partial charge on any atom is 0.213 e. The molecule has 31 heavy (non-hydrogen) atoms. The van der Waals surface area contributed by atoms with Gasteiger partial charge in [0.2, 0.25) is 6.41 Å². The van der Waals surface area contributed by atoms with Crippen molar-refractivity contribution in [3.8, 4) is 28.7 Å². The summed E-state index contributed by atoms with van der Waals surface area (Å²) in [6, 6.07) is 23.2. The van der Waals surface area contributed by atoms with E-state index in [4.69, 9.17) is 10.00 Å². The molecule has 1 aliphatic rings. The molecule has 1 aliphatic carbocycles. The van der Waals surface area contributed by atoms with Crippen molar-refractivity contribution in [2.75, 3.05) is 30.4 Å². The molecular formula is C26H25N3O2. The van der Waals surface area contributed by atoms with Crippen molar-refractivity contribution in [3.63, 3.8) is 0 Å². The number of carbonyl (C=O) groups is 1. The van der Waals surface area contributed by atoms with Gasteiger partial charge in [-0.1, -0.05) is 18.2 Å². The summed E-state index contributed by atoms with van der Waals surface area (Å²) < 4.78 is 5.97. The average Bonchev–Trinajstić information content (AvgIpc) is 3.63. The summed E-state index contributed by atoms with van der Waals surface area (Å²) in [5.74, 6) is 2.15. The number of rotatable bonds is 8. The Labute approximate surface area is 183 Å². The summed E-state index contributed by atoms with van der Waals surface area (Å²) in [6.07, 6.45) is 3.42. The molecule has 156 valence electrons. The van der Waals surface area contributed by atoms with Crippen LogP contribution < -0.4 is 14.5 Å². The van der Waals surface area contributed by atoms with Crippen LogP contribution in [0.5, 0.6) is 11.5 Å². The molecule has 0 N–H and O–H groups in total. The fraction of sp³-hybridized carbons (Fsp3) is 0.231. The Morgan fingerprint density at radius 3 is 2.39 bits per heavy atom. The number of nitrogens with zero attached hydrogens (tertiary/aromatic N) is 3. The molecule has 0 bridgehead atoms. The Hall–Kier alpha value is -3.78. The molecular weight excluding hydrogens is 386 g/mol. The SMILES string of the molecule is CN(C=O)c1cc(-c2cccc(Oc3ccc(C#N)cc3)c2)ccc1N(C)CC1CC1. The van der Waals surface area contributed by atoms with Crippen LogP contribution in [0.2, 0.25) is 0 Å². The molecule has 3 aromatic rings. The minimum Gasteiger partial charge on any atom is -0.457 e. The van der Waals surface area contributed by atoms with Gasteiger partial charge in [-0.2, -0.15) is 5.26 Å². The van der Waals surface area contributed by atoms with E-state index in [0.29, 0.717) is 17.1 Å². The fourth-order valence-corrected chi connectivity index (χ4v) is 3.62. The highest BCUT2D eigenvalue weighted by atomic mass is 16.5. The summed E-state index contributed by atoms with van der Waals surface area (Å²) in [6.45, 7) is 1.01. The lowest BCUT2D eigenvalue weighted by atomic mass is 10.0. The minimum absolute atomic E-state index is 0.597. The van der Waals surface area contributed by atoms with Crippen molar-refractivity contribution < 1.29 is 9.53 Å². The monoisotopic (exact) mass is 411 g/mol. The molecule has 5 nitrogen and oxygen atoms in total. The van der Waals surface area contributed by atoms with Gasteiger partial charge >= 0.3 is 0 Å². The summed E-state index contributed by atoms with van der Waals surface area (Å²) in [7, 11) is 3.87. The number of hydrogen-bond donors (Lipinski definition) is 0. The topological polar surface area (TPSA) is 56.6 Å². The molecule has 0 radical (unpaired) electrons. The van der Waals surface area contributed by atoms with Crippen LogP contribution in [0.15, 0.2) is 66.7 Å². The summed E-state index contributed by atoms with van der Waals surface area (Å²) in [4.78, 5) is 15.4. The Morgan fingerprint density at radius 2 is 1.71 bits per heavy atom. The number of nitriles is 1.